The van der Waals surface area contributed by atoms with Gasteiger partial charge in [0.1, 0.15) is 5.60 Å². The van der Waals surface area contributed by atoms with Gasteiger partial charge in [-0.25, -0.2) is 0 Å². The van der Waals surface area contributed by atoms with Crippen molar-refractivity contribution in [2.45, 2.75) is 18.9 Å². The van der Waals surface area contributed by atoms with Gasteiger partial charge < -0.3 is 10.8 Å². The van der Waals surface area contributed by atoms with E-state index in [0.29, 0.717) is 6.42 Å². The Labute approximate surface area is 108 Å². The van der Waals surface area contributed by atoms with Crippen LogP contribution in [0.2, 0.25) is 0 Å². The lowest BCUT2D eigenvalue weighted by molar-refractivity contribution is 0.0461. The molecule has 18 heavy (non-hydrogen) atoms. The van der Waals surface area contributed by atoms with Gasteiger partial charge in [-0.1, -0.05) is 54.6 Å². The highest BCUT2D eigenvalue weighted by Crippen LogP contribution is 2.25. The summed E-state index contributed by atoms with van der Waals surface area (Å²) in [7, 11) is 0. The maximum absolute atomic E-state index is 10.7. The van der Waals surface area contributed by atoms with Crippen molar-refractivity contribution < 1.29 is 5.11 Å². The number of nitrogens with two attached hydrogens (primary N) is 1. The van der Waals surface area contributed by atoms with Crippen LogP contribution in [0.5, 0.6) is 0 Å². The second-order valence-corrected chi connectivity index (χ2v) is 4.70. The third-order valence-corrected chi connectivity index (χ3v) is 3.39. The van der Waals surface area contributed by atoms with E-state index in [1.54, 1.807) is 0 Å². The fourth-order valence-electron chi connectivity index (χ4n) is 2.16. The first-order chi connectivity index (χ1) is 8.65. The van der Waals surface area contributed by atoms with Crippen molar-refractivity contribution in [1.82, 2.24) is 0 Å². The molecule has 1 atom stereocenters. The molecular weight excluding hydrogens is 222 g/mol. The van der Waals surface area contributed by atoms with Crippen LogP contribution in [0.4, 0.5) is 0 Å². The van der Waals surface area contributed by atoms with Gasteiger partial charge in [-0.3, -0.25) is 0 Å². The first kappa shape index (κ1) is 12.8. The van der Waals surface area contributed by atoms with Gasteiger partial charge >= 0.3 is 0 Å². The average Bonchev–Trinajstić information content (AvgIpc) is 2.42. The lowest BCUT2D eigenvalue weighted by Crippen LogP contribution is -2.37. The van der Waals surface area contributed by atoms with Crippen molar-refractivity contribution in [2.24, 2.45) is 5.73 Å². The maximum Gasteiger partial charge on any atom is 0.106 e. The Bertz CT molecular complexity index is 510. The highest BCUT2D eigenvalue weighted by molar-refractivity contribution is 5.31. The summed E-state index contributed by atoms with van der Waals surface area (Å²) in [5, 5.41) is 10.7. The van der Waals surface area contributed by atoms with E-state index < -0.39 is 5.60 Å². The fraction of sp³-hybridized carbons (Fsp3) is 0.250. The van der Waals surface area contributed by atoms with Crippen LogP contribution in [-0.2, 0) is 12.0 Å². The van der Waals surface area contributed by atoms with E-state index in [4.69, 9.17) is 5.73 Å². The smallest absolute Gasteiger partial charge is 0.106 e. The molecule has 0 aliphatic rings. The summed E-state index contributed by atoms with van der Waals surface area (Å²) < 4.78 is 0. The predicted octanol–water partition coefficient (Wildman–Crippen LogP) is 2.38. The molecule has 0 fully saturated rings. The molecule has 0 heterocycles. The number of rotatable bonds is 4. The number of hydrogen-bond acceptors (Lipinski definition) is 2. The van der Waals surface area contributed by atoms with E-state index in [9.17, 15) is 5.11 Å². The highest BCUT2D eigenvalue weighted by Gasteiger charge is 2.28. The van der Waals surface area contributed by atoms with Crippen molar-refractivity contribution in [3.63, 3.8) is 0 Å². The fourth-order valence-corrected chi connectivity index (χ4v) is 2.16. The summed E-state index contributed by atoms with van der Waals surface area (Å²) in [4.78, 5) is 0. The quantitative estimate of drug-likeness (QED) is 0.863. The van der Waals surface area contributed by atoms with E-state index in [1.165, 1.54) is 5.56 Å². The van der Waals surface area contributed by atoms with Crippen LogP contribution in [0.3, 0.4) is 0 Å². The number of aryl methyl sites for hydroxylation is 1. The summed E-state index contributed by atoms with van der Waals surface area (Å²) in [6, 6.07) is 17.7. The second kappa shape index (κ2) is 5.34. The minimum absolute atomic E-state index is 0.214. The van der Waals surface area contributed by atoms with Crippen molar-refractivity contribution in [3.8, 4) is 0 Å². The first-order valence-corrected chi connectivity index (χ1v) is 6.18. The molecule has 0 spiro atoms. The summed E-state index contributed by atoms with van der Waals surface area (Å²) in [6.07, 6.45) is 0.542. The lowest BCUT2D eigenvalue weighted by atomic mass is 9.86. The Hall–Kier alpha value is -1.64. The molecule has 2 rings (SSSR count). The highest BCUT2D eigenvalue weighted by atomic mass is 16.3. The molecule has 2 nitrogen and oxygen atoms in total. The van der Waals surface area contributed by atoms with Crippen LogP contribution >= 0.6 is 0 Å². The van der Waals surface area contributed by atoms with E-state index in [2.05, 4.69) is 13.0 Å². The van der Waals surface area contributed by atoms with Gasteiger partial charge in [-0.05, 0) is 23.6 Å². The SMILES string of the molecule is Cc1ccccc1CC(O)(CN)c1ccccc1. The van der Waals surface area contributed by atoms with Crippen molar-refractivity contribution in [3.05, 3.63) is 71.3 Å². The Kier molecular flexibility index (Phi) is 3.80. The van der Waals surface area contributed by atoms with E-state index >= 15 is 0 Å². The van der Waals surface area contributed by atoms with E-state index in [1.807, 2.05) is 48.5 Å². The molecule has 0 aliphatic heterocycles. The van der Waals surface area contributed by atoms with Crippen LogP contribution in [0.15, 0.2) is 54.6 Å². The Balaban J connectivity index is 2.32. The van der Waals surface area contributed by atoms with Gasteiger partial charge in [0.2, 0.25) is 0 Å². The number of hydrogen-bond donors (Lipinski definition) is 2. The molecule has 3 N–H and O–H groups in total. The molecule has 2 aromatic carbocycles. The topological polar surface area (TPSA) is 46.2 Å². The lowest BCUT2D eigenvalue weighted by Gasteiger charge is -2.28. The van der Waals surface area contributed by atoms with Gasteiger partial charge in [0.05, 0.1) is 0 Å². The van der Waals surface area contributed by atoms with Crippen LogP contribution in [0.25, 0.3) is 0 Å². The zero-order chi connectivity index (χ0) is 13.0. The van der Waals surface area contributed by atoms with E-state index in [0.717, 1.165) is 11.1 Å². The molecule has 94 valence electrons. The van der Waals surface area contributed by atoms with Crippen molar-refractivity contribution in [1.29, 1.82) is 0 Å². The summed E-state index contributed by atoms with van der Waals surface area (Å²) >= 11 is 0. The predicted molar refractivity (Wildman–Crippen MR) is 74.3 cm³/mol. The zero-order valence-electron chi connectivity index (χ0n) is 10.6. The molecule has 0 aliphatic carbocycles. The van der Waals surface area contributed by atoms with E-state index in [-0.39, 0.29) is 6.54 Å². The molecule has 1 unspecified atom stereocenters. The van der Waals surface area contributed by atoms with Crippen LogP contribution in [0, 0.1) is 6.92 Å². The minimum atomic E-state index is -0.993. The van der Waals surface area contributed by atoms with Gasteiger partial charge in [0, 0.05) is 13.0 Å². The first-order valence-electron chi connectivity index (χ1n) is 6.18. The molecule has 0 amide bonds. The maximum atomic E-state index is 10.7. The van der Waals surface area contributed by atoms with Crippen LogP contribution in [-0.4, -0.2) is 11.7 Å². The normalized spacial score (nSPS) is 14.2. The Morgan fingerprint density at radius 1 is 1.00 bits per heavy atom. The Morgan fingerprint density at radius 3 is 2.22 bits per heavy atom. The molecule has 0 bridgehead atoms. The molecule has 0 aromatic heterocycles. The molecule has 0 saturated heterocycles. The molecule has 0 saturated carbocycles. The third kappa shape index (κ3) is 2.61. The average molecular weight is 241 g/mol. The van der Waals surface area contributed by atoms with Gasteiger partial charge in [-0.15, -0.1) is 0 Å². The summed E-state index contributed by atoms with van der Waals surface area (Å²) in [5.41, 5.74) is 7.98. The largest absolute Gasteiger partial charge is 0.383 e. The molecule has 0 radical (unpaired) electrons. The van der Waals surface area contributed by atoms with Gasteiger partial charge in [0.25, 0.3) is 0 Å². The van der Waals surface area contributed by atoms with Crippen molar-refractivity contribution in [2.75, 3.05) is 6.54 Å². The number of aliphatic hydroxyl groups is 1. The standard InChI is InChI=1S/C16H19NO/c1-13-7-5-6-8-14(13)11-16(18,12-17)15-9-3-2-4-10-15/h2-10,18H,11-12,17H2,1H3. The summed E-state index contributed by atoms with van der Waals surface area (Å²) in [6.45, 7) is 2.27. The molecule has 2 heteroatoms. The zero-order valence-corrected chi connectivity index (χ0v) is 10.6. The Morgan fingerprint density at radius 2 is 1.61 bits per heavy atom. The van der Waals surface area contributed by atoms with Gasteiger partial charge in [-0.2, -0.15) is 0 Å². The number of benzene rings is 2. The minimum Gasteiger partial charge on any atom is -0.383 e. The van der Waals surface area contributed by atoms with Gasteiger partial charge in [0.15, 0.2) is 0 Å². The second-order valence-electron chi connectivity index (χ2n) is 4.70. The van der Waals surface area contributed by atoms with Crippen LogP contribution in [0.1, 0.15) is 16.7 Å². The molecule has 2 aromatic rings. The third-order valence-electron chi connectivity index (χ3n) is 3.39. The monoisotopic (exact) mass is 241 g/mol. The van der Waals surface area contributed by atoms with Crippen molar-refractivity contribution >= 4 is 0 Å². The molecular formula is C16H19NO. The van der Waals surface area contributed by atoms with Crippen LogP contribution < -0.4 is 5.73 Å². The summed E-state index contributed by atoms with van der Waals surface area (Å²) in [5.74, 6) is 0.